The van der Waals surface area contributed by atoms with Crippen molar-refractivity contribution in [3.63, 3.8) is 0 Å². The Balaban J connectivity index is 0.00000169. The Kier molecular flexibility index (Phi) is 6.07. The molecular weight excluding hydrogens is 294 g/mol. The van der Waals surface area contributed by atoms with Gasteiger partial charge in [-0.2, -0.15) is 5.26 Å². The SMILES string of the molecule is C/C(=C\c1ccccc1)[C@@H]1C[C@H]1NC1CCC(NCCC#N)CC1.[HH].[HH]. The van der Waals surface area contributed by atoms with Gasteiger partial charge in [-0.1, -0.05) is 42.0 Å². The predicted octanol–water partition coefficient (Wildman–Crippen LogP) is 4.37. The largest absolute Gasteiger partial charge is 0.313 e. The van der Waals surface area contributed by atoms with Gasteiger partial charge in [0.2, 0.25) is 0 Å². The van der Waals surface area contributed by atoms with Crippen molar-refractivity contribution in [2.75, 3.05) is 6.54 Å². The maximum absolute atomic E-state index is 8.60. The van der Waals surface area contributed by atoms with Crippen molar-refractivity contribution < 1.29 is 2.85 Å². The second-order valence-electron chi connectivity index (χ2n) is 7.33. The topological polar surface area (TPSA) is 47.8 Å². The van der Waals surface area contributed by atoms with Crippen molar-refractivity contribution in [2.24, 2.45) is 5.92 Å². The van der Waals surface area contributed by atoms with Crippen LogP contribution >= 0.6 is 0 Å². The van der Waals surface area contributed by atoms with Crippen molar-refractivity contribution in [2.45, 2.75) is 63.6 Å². The summed E-state index contributed by atoms with van der Waals surface area (Å²) in [6, 6.07) is 14.8. The normalized spacial score (nSPS) is 29.9. The van der Waals surface area contributed by atoms with Gasteiger partial charge in [-0.15, -0.1) is 0 Å². The molecule has 0 heterocycles. The van der Waals surface area contributed by atoms with E-state index in [1.807, 2.05) is 0 Å². The first kappa shape index (κ1) is 17.2. The van der Waals surface area contributed by atoms with Gasteiger partial charge in [0, 0.05) is 33.9 Å². The molecule has 2 atom stereocenters. The van der Waals surface area contributed by atoms with Crippen LogP contribution in [0.25, 0.3) is 6.08 Å². The summed E-state index contributed by atoms with van der Waals surface area (Å²) in [4.78, 5) is 0. The fourth-order valence-electron chi connectivity index (χ4n) is 3.90. The molecule has 0 aliphatic heterocycles. The number of hydrogen-bond acceptors (Lipinski definition) is 3. The number of nitrogens with one attached hydrogen (secondary N) is 2. The number of hydrogen-bond donors (Lipinski definition) is 2. The quantitative estimate of drug-likeness (QED) is 0.731. The van der Waals surface area contributed by atoms with Gasteiger partial charge < -0.3 is 10.6 Å². The molecule has 3 nitrogen and oxygen atoms in total. The molecule has 2 fully saturated rings. The van der Waals surface area contributed by atoms with Gasteiger partial charge in [-0.05, 0) is 50.5 Å². The molecule has 2 aliphatic carbocycles. The van der Waals surface area contributed by atoms with E-state index in [-0.39, 0.29) is 2.85 Å². The van der Waals surface area contributed by atoms with Gasteiger partial charge in [0.05, 0.1) is 6.07 Å². The highest BCUT2D eigenvalue weighted by molar-refractivity contribution is 5.53. The molecule has 2 saturated carbocycles. The molecule has 3 rings (SSSR count). The van der Waals surface area contributed by atoms with Crippen LogP contribution in [-0.4, -0.2) is 24.7 Å². The van der Waals surface area contributed by atoms with E-state index in [1.54, 1.807) is 0 Å². The van der Waals surface area contributed by atoms with Gasteiger partial charge >= 0.3 is 0 Å². The highest BCUT2D eigenvalue weighted by Crippen LogP contribution is 2.39. The van der Waals surface area contributed by atoms with Crippen molar-refractivity contribution in [3.05, 3.63) is 41.5 Å². The van der Waals surface area contributed by atoms with Crippen molar-refractivity contribution >= 4 is 6.08 Å². The van der Waals surface area contributed by atoms with E-state index < -0.39 is 0 Å². The Labute approximate surface area is 149 Å². The molecule has 0 amide bonds. The summed E-state index contributed by atoms with van der Waals surface area (Å²) in [5, 5.41) is 16.0. The maximum Gasteiger partial charge on any atom is 0.0635 e. The van der Waals surface area contributed by atoms with Gasteiger partial charge in [0.25, 0.3) is 0 Å². The first-order valence-electron chi connectivity index (χ1n) is 9.36. The van der Waals surface area contributed by atoms with E-state index in [0.29, 0.717) is 24.5 Å². The van der Waals surface area contributed by atoms with Crippen LogP contribution < -0.4 is 10.6 Å². The Morgan fingerprint density at radius 3 is 2.62 bits per heavy atom. The molecule has 1 aromatic rings. The average Bonchev–Trinajstić information content (AvgIpc) is 3.37. The Morgan fingerprint density at radius 2 is 1.92 bits per heavy atom. The van der Waals surface area contributed by atoms with Crippen molar-refractivity contribution in [3.8, 4) is 6.07 Å². The van der Waals surface area contributed by atoms with Gasteiger partial charge in [-0.25, -0.2) is 0 Å². The van der Waals surface area contributed by atoms with E-state index in [1.165, 1.54) is 43.2 Å². The number of benzene rings is 1. The smallest absolute Gasteiger partial charge is 0.0635 e. The third-order valence-corrected chi connectivity index (χ3v) is 5.42. The summed E-state index contributed by atoms with van der Waals surface area (Å²) in [6.45, 7) is 3.11. The first-order chi connectivity index (χ1) is 11.8. The molecular formula is C21H33N3. The third-order valence-electron chi connectivity index (χ3n) is 5.42. The molecule has 0 bridgehead atoms. The zero-order valence-electron chi connectivity index (χ0n) is 14.7. The second-order valence-corrected chi connectivity index (χ2v) is 7.33. The maximum atomic E-state index is 8.60. The highest BCUT2D eigenvalue weighted by atomic mass is 15.0. The fraction of sp³-hybridized carbons (Fsp3) is 0.571. The van der Waals surface area contributed by atoms with Crippen LogP contribution in [0.3, 0.4) is 0 Å². The van der Waals surface area contributed by atoms with Crippen LogP contribution in [0.4, 0.5) is 0 Å². The summed E-state index contributed by atoms with van der Waals surface area (Å²) in [6.07, 6.45) is 9.23. The van der Waals surface area contributed by atoms with Crippen LogP contribution in [0.5, 0.6) is 0 Å². The monoisotopic (exact) mass is 327 g/mol. The molecule has 2 aliphatic rings. The lowest BCUT2D eigenvalue weighted by Gasteiger charge is -2.30. The lowest BCUT2D eigenvalue weighted by Crippen LogP contribution is -2.41. The minimum absolute atomic E-state index is 0. The molecule has 0 saturated heterocycles. The Bertz CT molecular complexity index is 589. The summed E-state index contributed by atoms with van der Waals surface area (Å²) in [5.41, 5.74) is 2.81. The summed E-state index contributed by atoms with van der Waals surface area (Å²) in [5.74, 6) is 0.719. The molecule has 1 aromatic carbocycles. The van der Waals surface area contributed by atoms with E-state index >= 15 is 0 Å². The number of nitrogens with zero attached hydrogens (tertiary/aromatic N) is 1. The standard InChI is InChI=1S/C21H29N3.2H2/c1-16(14-17-6-3-2-4-7-17)20-15-21(20)24-19-10-8-18(9-11-19)23-13-5-12-22;;/h2-4,6-7,14,18-21,23-24H,5,8-11,13,15H2,1H3;2*1H/b16-14+;;/t18?,19?,20-,21+;;/m0../s1. The average molecular weight is 328 g/mol. The zero-order chi connectivity index (χ0) is 16.8. The van der Waals surface area contributed by atoms with Gasteiger partial charge in [0.1, 0.15) is 0 Å². The summed E-state index contributed by atoms with van der Waals surface area (Å²) >= 11 is 0. The van der Waals surface area contributed by atoms with Gasteiger partial charge in [-0.3, -0.25) is 0 Å². The molecule has 132 valence electrons. The minimum Gasteiger partial charge on any atom is -0.313 e. The van der Waals surface area contributed by atoms with Crippen LogP contribution in [0, 0.1) is 17.2 Å². The molecule has 0 spiro atoms. The number of rotatable bonds is 7. The first-order valence-corrected chi connectivity index (χ1v) is 9.36. The molecule has 0 radical (unpaired) electrons. The molecule has 24 heavy (non-hydrogen) atoms. The minimum atomic E-state index is 0. The molecule has 3 heteroatoms. The van der Waals surface area contributed by atoms with Gasteiger partial charge in [0.15, 0.2) is 0 Å². The molecule has 0 aromatic heterocycles. The van der Waals surface area contributed by atoms with E-state index in [4.69, 9.17) is 5.26 Å². The summed E-state index contributed by atoms with van der Waals surface area (Å²) in [7, 11) is 0. The highest BCUT2D eigenvalue weighted by Gasteiger charge is 2.39. The Hall–Kier alpha value is -1.63. The van der Waals surface area contributed by atoms with Crippen molar-refractivity contribution in [1.29, 1.82) is 5.26 Å². The fourth-order valence-corrected chi connectivity index (χ4v) is 3.90. The third kappa shape index (κ3) is 4.93. The van der Waals surface area contributed by atoms with Crippen molar-refractivity contribution in [1.82, 2.24) is 10.6 Å². The predicted molar refractivity (Wildman–Crippen MR) is 104 cm³/mol. The van der Waals surface area contributed by atoms with Crippen LogP contribution in [0.1, 0.15) is 53.9 Å². The lowest BCUT2D eigenvalue weighted by molar-refractivity contribution is 0.306. The lowest BCUT2D eigenvalue weighted by atomic mass is 9.91. The summed E-state index contributed by atoms with van der Waals surface area (Å²) < 4.78 is 0. The number of nitriles is 1. The van der Waals surface area contributed by atoms with Crippen LogP contribution in [0.2, 0.25) is 0 Å². The Morgan fingerprint density at radius 1 is 1.21 bits per heavy atom. The second kappa shape index (κ2) is 8.46. The van der Waals surface area contributed by atoms with E-state index in [9.17, 15) is 0 Å². The van der Waals surface area contributed by atoms with E-state index in [0.717, 1.165) is 12.5 Å². The molecule has 2 N–H and O–H groups in total. The van der Waals surface area contributed by atoms with E-state index in [2.05, 4.69) is 60.0 Å². The zero-order valence-corrected chi connectivity index (χ0v) is 14.7. The van der Waals surface area contributed by atoms with Crippen LogP contribution in [0.15, 0.2) is 35.9 Å². The van der Waals surface area contributed by atoms with Crippen LogP contribution in [-0.2, 0) is 0 Å². The molecule has 0 unspecified atom stereocenters.